The van der Waals surface area contributed by atoms with Crippen LogP contribution in [0.4, 0.5) is 5.69 Å². The van der Waals surface area contributed by atoms with Gasteiger partial charge in [-0.25, -0.2) is 4.68 Å². The van der Waals surface area contributed by atoms with Gasteiger partial charge < -0.3 is 10.1 Å². The third kappa shape index (κ3) is 3.71. The summed E-state index contributed by atoms with van der Waals surface area (Å²) in [5.41, 5.74) is 0.269. The highest BCUT2D eigenvalue weighted by molar-refractivity contribution is 6.32. The zero-order valence-corrected chi connectivity index (χ0v) is 12.0. The number of ether oxygens (including phenoxy) is 1. The van der Waals surface area contributed by atoms with Crippen molar-refractivity contribution < 1.29 is 4.74 Å². The minimum Gasteiger partial charge on any atom is -0.380 e. The largest absolute Gasteiger partial charge is 0.380 e. The van der Waals surface area contributed by atoms with Crippen molar-refractivity contribution in [2.24, 2.45) is 0 Å². The van der Waals surface area contributed by atoms with Crippen molar-refractivity contribution in [3.63, 3.8) is 0 Å². The smallest absolute Gasteiger partial charge is 0.287 e. The fourth-order valence-electron chi connectivity index (χ4n) is 1.52. The van der Waals surface area contributed by atoms with E-state index in [1.807, 2.05) is 27.7 Å². The fourth-order valence-corrected chi connectivity index (χ4v) is 1.70. The average molecular weight is 274 g/mol. The van der Waals surface area contributed by atoms with Gasteiger partial charge in [0.05, 0.1) is 24.5 Å². The number of anilines is 1. The van der Waals surface area contributed by atoms with Crippen molar-refractivity contribution >= 4 is 17.3 Å². The van der Waals surface area contributed by atoms with Crippen molar-refractivity contribution in [1.82, 2.24) is 9.78 Å². The SMILES string of the molecule is CCOCC(C)Nc1cnn(C(C)C)c(=O)c1Cl. The van der Waals surface area contributed by atoms with Gasteiger partial charge in [0.25, 0.3) is 5.56 Å². The van der Waals surface area contributed by atoms with E-state index in [-0.39, 0.29) is 22.7 Å². The molecule has 1 atom stereocenters. The highest BCUT2D eigenvalue weighted by atomic mass is 35.5. The molecule has 0 bridgehead atoms. The van der Waals surface area contributed by atoms with Crippen molar-refractivity contribution in [2.45, 2.75) is 39.8 Å². The summed E-state index contributed by atoms with van der Waals surface area (Å²) >= 11 is 6.04. The molecular formula is C12H20ClN3O2. The van der Waals surface area contributed by atoms with Crippen LogP contribution in [-0.2, 0) is 4.74 Å². The summed E-state index contributed by atoms with van der Waals surface area (Å²) in [5.74, 6) is 0. The van der Waals surface area contributed by atoms with Gasteiger partial charge in [-0.05, 0) is 27.7 Å². The topological polar surface area (TPSA) is 56.1 Å². The highest BCUT2D eigenvalue weighted by Crippen LogP contribution is 2.17. The maximum atomic E-state index is 11.9. The first-order valence-corrected chi connectivity index (χ1v) is 6.46. The van der Waals surface area contributed by atoms with E-state index in [9.17, 15) is 4.79 Å². The average Bonchev–Trinajstić information content (AvgIpc) is 2.32. The van der Waals surface area contributed by atoms with E-state index < -0.39 is 0 Å². The van der Waals surface area contributed by atoms with Gasteiger partial charge in [0.2, 0.25) is 0 Å². The normalized spacial score (nSPS) is 12.8. The maximum Gasteiger partial charge on any atom is 0.287 e. The lowest BCUT2D eigenvalue weighted by Gasteiger charge is -2.17. The lowest BCUT2D eigenvalue weighted by Crippen LogP contribution is -2.28. The molecule has 0 spiro atoms. The van der Waals surface area contributed by atoms with E-state index in [0.717, 1.165) is 0 Å². The Labute approximate surface area is 112 Å². The summed E-state index contributed by atoms with van der Waals surface area (Å²) in [7, 11) is 0. The summed E-state index contributed by atoms with van der Waals surface area (Å²) < 4.78 is 6.65. The molecule has 1 aromatic rings. The van der Waals surface area contributed by atoms with Gasteiger partial charge in [0.15, 0.2) is 0 Å². The molecule has 1 rings (SSSR count). The van der Waals surface area contributed by atoms with Crippen molar-refractivity contribution in [3.8, 4) is 0 Å². The predicted octanol–water partition coefficient (Wildman–Crippen LogP) is 2.31. The van der Waals surface area contributed by atoms with Crippen LogP contribution in [0.15, 0.2) is 11.0 Å². The van der Waals surface area contributed by atoms with E-state index >= 15 is 0 Å². The molecule has 1 unspecified atom stereocenters. The molecule has 0 aliphatic heterocycles. The van der Waals surface area contributed by atoms with Gasteiger partial charge in [-0.15, -0.1) is 0 Å². The molecule has 1 aromatic heterocycles. The van der Waals surface area contributed by atoms with Gasteiger partial charge in [-0.3, -0.25) is 4.79 Å². The first-order valence-electron chi connectivity index (χ1n) is 6.09. The summed E-state index contributed by atoms with van der Waals surface area (Å²) in [6.45, 7) is 8.88. The Hall–Kier alpha value is -1.07. The second kappa shape index (κ2) is 6.75. The molecule has 0 saturated carbocycles. The number of nitrogens with one attached hydrogen (secondary N) is 1. The van der Waals surface area contributed by atoms with Gasteiger partial charge in [-0.1, -0.05) is 11.6 Å². The molecule has 1 N–H and O–H groups in total. The Morgan fingerprint density at radius 2 is 2.17 bits per heavy atom. The molecule has 0 aliphatic rings. The van der Waals surface area contributed by atoms with E-state index in [1.165, 1.54) is 4.68 Å². The van der Waals surface area contributed by atoms with Gasteiger partial charge >= 0.3 is 0 Å². The molecule has 0 fully saturated rings. The zero-order chi connectivity index (χ0) is 13.7. The third-order valence-corrected chi connectivity index (χ3v) is 2.77. The number of halogens is 1. The van der Waals surface area contributed by atoms with E-state index in [2.05, 4.69) is 10.4 Å². The Bertz CT molecular complexity index is 445. The monoisotopic (exact) mass is 273 g/mol. The molecular weight excluding hydrogens is 254 g/mol. The molecule has 0 amide bonds. The molecule has 18 heavy (non-hydrogen) atoms. The van der Waals surface area contributed by atoms with Gasteiger partial charge in [0, 0.05) is 12.6 Å². The van der Waals surface area contributed by atoms with Crippen LogP contribution in [0, 0.1) is 0 Å². The Balaban J connectivity index is 2.86. The second-order valence-electron chi connectivity index (χ2n) is 4.42. The number of hydrogen-bond donors (Lipinski definition) is 1. The van der Waals surface area contributed by atoms with Crippen LogP contribution in [0.1, 0.15) is 33.7 Å². The number of aromatic nitrogens is 2. The van der Waals surface area contributed by atoms with Crippen LogP contribution in [0.25, 0.3) is 0 Å². The van der Waals surface area contributed by atoms with E-state index in [1.54, 1.807) is 6.20 Å². The highest BCUT2D eigenvalue weighted by Gasteiger charge is 2.12. The minimum absolute atomic E-state index is 0.00935. The standard InChI is InChI=1S/C12H20ClN3O2/c1-5-18-7-9(4)15-10-6-14-16(8(2)3)12(17)11(10)13/h6,8-9,15H,5,7H2,1-4H3. The lowest BCUT2D eigenvalue weighted by atomic mass is 10.3. The van der Waals surface area contributed by atoms with Crippen LogP contribution in [-0.4, -0.2) is 29.0 Å². The molecule has 0 radical (unpaired) electrons. The molecule has 102 valence electrons. The zero-order valence-electron chi connectivity index (χ0n) is 11.2. The van der Waals surface area contributed by atoms with Crippen LogP contribution < -0.4 is 10.9 Å². The Morgan fingerprint density at radius 1 is 1.50 bits per heavy atom. The number of rotatable bonds is 6. The quantitative estimate of drug-likeness (QED) is 0.864. The van der Waals surface area contributed by atoms with Gasteiger partial charge in [0.1, 0.15) is 5.02 Å². The minimum atomic E-state index is -0.278. The number of nitrogens with zero attached hydrogens (tertiary/aromatic N) is 2. The molecule has 1 heterocycles. The number of hydrogen-bond acceptors (Lipinski definition) is 4. The van der Waals surface area contributed by atoms with Crippen molar-refractivity contribution in [1.29, 1.82) is 0 Å². The molecule has 5 nitrogen and oxygen atoms in total. The van der Waals surface area contributed by atoms with Crippen LogP contribution >= 0.6 is 11.6 Å². The molecule has 0 aliphatic carbocycles. The van der Waals surface area contributed by atoms with Crippen molar-refractivity contribution in [3.05, 3.63) is 21.6 Å². The first kappa shape index (κ1) is 15.0. The van der Waals surface area contributed by atoms with Crippen molar-refractivity contribution in [2.75, 3.05) is 18.5 Å². The van der Waals surface area contributed by atoms with E-state index in [4.69, 9.17) is 16.3 Å². The lowest BCUT2D eigenvalue weighted by molar-refractivity contribution is 0.141. The fraction of sp³-hybridized carbons (Fsp3) is 0.667. The van der Waals surface area contributed by atoms with E-state index in [0.29, 0.717) is 18.9 Å². The molecule has 6 heteroatoms. The maximum absolute atomic E-state index is 11.9. The predicted molar refractivity (Wildman–Crippen MR) is 73.5 cm³/mol. The third-order valence-electron chi connectivity index (χ3n) is 2.41. The Morgan fingerprint density at radius 3 is 2.72 bits per heavy atom. The summed E-state index contributed by atoms with van der Waals surface area (Å²) in [5, 5.41) is 7.38. The molecule has 0 saturated heterocycles. The second-order valence-corrected chi connectivity index (χ2v) is 4.80. The van der Waals surface area contributed by atoms with Crippen LogP contribution in [0.2, 0.25) is 5.02 Å². The summed E-state index contributed by atoms with van der Waals surface area (Å²) in [6, 6.07) is 0.0587. The Kier molecular flexibility index (Phi) is 5.62. The van der Waals surface area contributed by atoms with Gasteiger partial charge in [-0.2, -0.15) is 5.10 Å². The summed E-state index contributed by atoms with van der Waals surface area (Å²) in [6.07, 6.45) is 1.58. The molecule has 0 aromatic carbocycles. The first-order chi connectivity index (χ1) is 8.47. The summed E-state index contributed by atoms with van der Waals surface area (Å²) in [4.78, 5) is 11.9. The van der Waals surface area contributed by atoms with Crippen LogP contribution in [0.3, 0.4) is 0 Å². The van der Waals surface area contributed by atoms with Crippen LogP contribution in [0.5, 0.6) is 0 Å².